The average Bonchev–Trinajstić information content (AvgIpc) is 3.44. The van der Waals surface area contributed by atoms with Crippen molar-refractivity contribution in [2.75, 3.05) is 26.2 Å². The minimum Gasteiger partial charge on any atom is -0.483 e. The molecule has 3 aromatic carbocycles. The Morgan fingerprint density at radius 3 is 2.35 bits per heavy atom. The highest BCUT2D eigenvalue weighted by Crippen LogP contribution is 2.66. The number of carbonyl (C=O) groups excluding carboxylic acids is 1. The van der Waals surface area contributed by atoms with Crippen LogP contribution < -0.4 is 9.47 Å². The summed E-state index contributed by atoms with van der Waals surface area (Å²) in [5.74, 6) is 0.837. The highest BCUT2D eigenvalue weighted by molar-refractivity contribution is 5.72. The van der Waals surface area contributed by atoms with E-state index in [1.165, 1.54) is 42.9 Å². The van der Waals surface area contributed by atoms with Gasteiger partial charge < -0.3 is 14.6 Å². The fraction of sp³-hybridized carbons (Fsp3) is 0.500. The van der Waals surface area contributed by atoms with Crippen molar-refractivity contribution in [3.8, 4) is 11.5 Å². The van der Waals surface area contributed by atoms with Crippen LogP contribution in [0.1, 0.15) is 80.5 Å². The zero-order valence-corrected chi connectivity index (χ0v) is 28.6. The summed E-state index contributed by atoms with van der Waals surface area (Å²) in [6, 6.07) is 25.8. The average molecular weight is 649 g/mol. The van der Waals surface area contributed by atoms with Gasteiger partial charge in [-0.05, 0) is 100 Å². The Bertz CT molecular complexity index is 1580. The smallest absolute Gasteiger partial charge is 0.308 e. The third-order valence-corrected chi connectivity index (χ3v) is 11.9. The second-order valence-corrected chi connectivity index (χ2v) is 14.6. The molecule has 6 nitrogen and oxygen atoms in total. The maximum atomic E-state index is 13.0. The molecule has 5 atom stereocenters. The van der Waals surface area contributed by atoms with Crippen LogP contribution in [0.25, 0.3) is 0 Å². The van der Waals surface area contributed by atoms with Gasteiger partial charge in [0.2, 0.25) is 0 Å². The van der Waals surface area contributed by atoms with E-state index in [-0.39, 0.29) is 24.2 Å². The van der Waals surface area contributed by atoms with Gasteiger partial charge >= 0.3 is 5.97 Å². The first-order chi connectivity index (χ1) is 23.4. The molecule has 1 N–H and O–H groups in total. The molecule has 3 aromatic rings. The van der Waals surface area contributed by atoms with Gasteiger partial charge in [0.05, 0.1) is 11.0 Å². The normalized spacial score (nSPS) is 26.9. The van der Waals surface area contributed by atoms with Gasteiger partial charge in [-0.3, -0.25) is 14.6 Å². The van der Waals surface area contributed by atoms with Gasteiger partial charge in [0.1, 0.15) is 6.10 Å². The minimum atomic E-state index is -0.921. The number of hydrogen-bond acceptors (Lipinski definition) is 6. The zero-order chi connectivity index (χ0) is 33.1. The highest BCUT2D eigenvalue weighted by atomic mass is 16.6. The molecular weight excluding hydrogens is 596 g/mol. The second-order valence-electron chi connectivity index (χ2n) is 14.6. The number of piperidine rings is 1. The molecule has 254 valence electrons. The van der Waals surface area contributed by atoms with Crippen molar-refractivity contribution in [2.45, 2.75) is 107 Å². The lowest BCUT2D eigenvalue weighted by molar-refractivity contribution is -0.198. The molecule has 48 heavy (non-hydrogen) atoms. The molecule has 0 radical (unpaired) electrons. The number of likely N-dealkylation sites (tertiary alicyclic amines) is 1. The van der Waals surface area contributed by atoms with E-state index in [0.717, 1.165) is 83.1 Å². The van der Waals surface area contributed by atoms with Crippen molar-refractivity contribution in [3.63, 3.8) is 0 Å². The SMILES string of the molecule is C=CCN1CC[C@]23c4c5ccc(OC(C)=O)c4O[C@H]2[C@H](N(CCCCCCc2ccccc2)CCCc2ccccc2)CC[C@@]3(O)[C@H]1C5. The first-order valence-electron chi connectivity index (χ1n) is 18.4. The van der Waals surface area contributed by atoms with Crippen LogP contribution in [0, 0.1) is 0 Å². The predicted octanol–water partition coefficient (Wildman–Crippen LogP) is 7.06. The number of carbonyl (C=O) groups is 1. The van der Waals surface area contributed by atoms with Gasteiger partial charge in [-0.2, -0.15) is 0 Å². The van der Waals surface area contributed by atoms with E-state index in [1.54, 1.807) is 0 Å². The lowest BCUT2D eigenvalue weighted by Gasteiger charge is -2.65. The van der Waals surface area contributed by atoms with E-state index in [1.807, 2.05) is 12.1 Å². The monoisotopic (exact) mass is 648 g/mol. The van der Waals surface area contributed by atoms with Crippen LogP contribution in [0.2, 0.25) is 0 Å². The molecule has 2 aliphatic heterocycles. The summed E-state index contributed by atoms with van der Waals surface area (Å²) < 4.78 is 12.9. The molecule has 0 unspecified atom stereocenters. The number of hydrogen-bond donors (Lipinski definition) is 1. The Balaban J connectivity index is 1.15. The quantitative estimate of drug-likeness (QED) is 0.0825. The zero-order valence-electron chi connectivity index (χ0n) is 28.6. The molecule has 1 saturated heterocycles. The molecule has 0 aromatic heterocycles. The standard InChI is InChI=1S/C42H52N2O4/c1-3-26-44-29-25-41-38-34-21-22-36(47-31(2)45)39(38)48-40(41)35(23-24-42(41,46)37(44)30-34)43(28-14-20-33-18-11-7-12-19-33)27-13-5-4-8-15-32-16-9-6-10-17-32/h3,6-7,9-12,16-19,21-22,35,37,40,46H,1,4-5,8,13-15,20,23-30H2,2H3/t35-,37-,40+,41+,42-/m1/s1. The summed E-state index contributed by atoms with van der Waals surface area (Å²) in [6.45, 7) is 9.15. The number of esters is 1. The number of rotatable bonds is 15. The Morgan fingerprint density at radius 2 is 1.65 bits per heavy atom. The van der Waals surface area contributed by atoms with Crippen molar-refractivity contribution in [3.05, 3.63) is 108 Å². The third-order valence-electron chi connectivity index (χ3n) is 11.9. The first-order valence-corrected chi connectivity index (χ1v) is 18.4. The number of aryl methyl sites for hydroxylation is 2. The van der Waals surface area contributed by atoms with Gasteiger partial charge in [0.15, 0.2) is 11.5 Å². The molecule has 4 aliphatic rings. The van der Waals surface area contributed by atoms with Crippen LogP contribution in [0.15, 0.2) is 85.5 Å². The largest absolute Gasteiger partial charge is 0.483 e. The van der Waals surface area contributed by atoms with E-state index in [2.05, 4.69) is 83.1 Å². The van der Waals surface area contributed by atoms with Crippen LogP contribution >= 0.6 is 0 Å². The number of benzene rings is 3. The van der Waals surface area contributed by atoms with Crippen molar-refractivity contribution in [1.82, 2.24) is 9.80 Å². The Kier molecular flexibility index (Phi) is 9.77. The number of unbranched alkanes of at least 4 members (excludes halogenated alkanes) is 3. The van der Waals surface area contributed by atoms with Crippen molar-refractivity contribution in [2.24, 2.45) is 0 Å². The Morgan fingerprint density at radius 1 is 0.958 bits per heavy atom. The summed E-state index contributed by atoms with van der Waals surface area (Å²) in [7, 11) is 0. The van der Waals surface area contributed by atoms with Crippen molar-refractivity contribution >= 4 is 5.97 Å². The maximum absolute atomic E-state index is 13.0. The topological polar surface area (TPSA) is 62.2 Å². The van der Waals surface area contributed by atoms with Crippen molar-refractivity contribution < 1.29 is 19.4 Å². The van der Waals surface area contributed by atoms with E-state index in [9.17, 15) is 9.90 Å². The fourth-order valence-corrected chi connectivity index (χ4v) is 9.80. The number of aliphatic hydroxyl groups is 1. The molecule has 7 rings (SSSR count). The van der Waals surface area contributed by atoms with Gasteiger partial charge in [0, 0.05) is 31.1 Å². The minimum absolute atomic E-state index is 0.00507. The molecule has 2 heterocycles. The van der Waals surface area contributed by atoms with E-state index < -0.39 is 11.0 Å². The predicted molar refractivity (Wildman–Crippen MR) is 191 cm³/mol. The van der Waals surface area contributed by atoms with E-state index in [0.29, 0.717) is 11.5 Å². The van der Waals surface area contributed by atoms with Gasteiger partial charge in [-0.25, -0.2) is 0 Å². The highest BCUT2D eigenvalue weighted by Gasteiger charge is 2.73. The molecule has 2 bridgehead atoms. The van der Waals surface area contributed by atoms with Crippen LogP contribution in [0.5, 0.6) is 11.5 Å². The summed E-state index contributed by atoms with van der Waals surface area (Å²) >= 11 is 0. The maximum Gasteiger partial charge on any atom is 0.308 e. The Hall–Kier alpha value is -3.45. The van der Waals surface area contributed by atoms with Crippen LogP contribution in [-0.2, 0) is 29.5 Å². The number of ether oxygens (including phenoxy) is 2. The third kappa shape index (κ3) is 6.01. The molecule has 2 aliphatic carbocycles. The lowest BCUT2D eigenvalue weighted by atomic mass is 9.48. The summed E-state index contributed by atoms with van der Waals surface area (Å²) in [5.41, 5.74) is 3.67. The van der Waals surface area contributed by atoms with E-state index >= 15 is 0 Å². The molecule has 1 saturated carbocycles. The van der Waals surface area contributed by atoms with Gasteiger partial charge in [-0.1, -0.05) is 85.6 Å². The van der Waals surface area contributed by atoms with Crippen LogP contribution in [0.4, 0.5) is 0 Å². The van der Waals surface area contributed by atoms with Crippen molar-refractivity contribution in [1.29, 1.82) is 0 Å². The van der Waals surface area contributed by atoms with Crippen LogP contribution in [-0.4, -0.2) is 70.8 Å². The molecular formula is C42H52N2O4. The summed E-state index contributed by atoms with van der Waals surface area (Å²) in [4.78, 5) is 17.3. The molecule has 0 amide bonds. The second kappa shape index (κ2) is 14.2. The van der Waals surface area contributed by atoms with E-state index in [4.69, 9.17) is 9.47 Å². The Labute approximate surface area is 286 Å². The molecule has 6 heteroatoms. The fourth-order valence-electron chi connectivity index (χ4n) is 9.80. The van der Waals surface area contributed by atoms with Gasteiger partial charge in [0.25, 0.3) is 0 Å². The van der Waals surface area contributed by atoms with Gasteiger partial charge in [-0.15, -0.1) is 6.58 Å². The first kappa shape index (κ1) is 33.1. The molecule has 2 fully saturated rings. The molecule has 1 spiro atoms. The number of nitrogens with zero attached hydrogens (tertiary/aromatic N) is 2. The van der Waals surface area contributed by atoms with Crippen LogP contribution in [0.3, 0.4) is 0 Å². The lowest BCUT2D eigenvalue weighted by Crippen LogP contribution is -2.78. The summed E-state index contributed by atoms with van der Waals surface area (Å²) in [6.07, 6.45) is 13.0. The summed E-state index contributed by atoms with van der Waals surface area (Å²) in [5, 5.41) is 13.0.